The van der Waals surface area contributed by atoms with Crippen molar-refractivity contribution in [3.63, 3.8) is 0 Å². The van der Waals surface area contributed by atoms with Crippen LogP contribution in [0.2, 0.25) is 0 Å². The number of likely N-dealkylation sites (tertiary alicyclic amines) is 1. The van der Waals surface area contributed by atoms with Crippen molar-refractivity contribution in [3.05, 3.63) is 0 Å². The molecule has 1 atom stereocenters. The first-order valence-corrected chi connectivity index (χ1v) is 8.73. The second-order valence-corrected chi connectivity index (χ2v) is 7.38. The van der Waals surface area contributed by atoms with Gasteiger partial charge in [-0.3, -0.25) is 4.90 Å². The third-order valence-electron chi connectivity index (χ3n) is 6.26. The van der Waals surface area contributed by atoms with Crippen molar-refractivity contribution >= 4 is 0 Å². The van der Waals surface area contributed by atoms with Gasteiger partial charge in [-0.2, -0.15) is 0 Å². The van der Waals surface area contributed by atoms with Crippen LogP contribution in [-0.4, -0.2) is 37.1 Å². The summed E-state index contributed by atoms with van der Waals surface area (Å²) in [4.78, 5) is 2.88. The van der Waals surface area contributed by atoms with E-state index in [0.29, 0.717) is 0 Å². The average Bonchev–Trinajstić information content (AvgIpc) is 2.89. The minimum atomic E-state index is 0.796. The molecule has 1 aliphatic heterocycles. The molecule has 110 valence electrons. The second-order valence-electron chi connectivity index (χ2n) is 7.38. The molecule has 1 heterocycles. The fourth-order valence-electron chi connectivity index (χ4n) is 5.13. The van der Waals surface area contributed by atoms with Crippen LogP contribution < -0.4 is 5.32 Å². The minimum Gasteiger partial charge on any atom is -0.318 e. The lowest BCUT2D eigenvalue weighted by atomic mass is 9.71. The first kappa shape index (κ1) is 13.9. The Balaban J connectivity index is 1.57. The van der Waals surface area contributed by atoms with Crippen molar-refractivity contribution in [3.8, 4) is 0 Å². The summed E-state index contributed by atoms with van der Waals surface area (Å²) in [6, 6.07) is 1.73. The van der Waals surface area contributed by atoms with Crippen LogP contribution in [0.25, 0.3) is 0 Å². The fraction of sp³-hybridized carbons (Fsp3) is 1.00. The van der Waals surface area contributed by atoms with Crippen LogP contribution in [-0.2, 0) is 0 Å². The Bertz CT molecular complexity index is 271. The van der Waals surface area contributed by atoms with Crippen LogP contribution in [0.5, 0.6) is 0 Å². The van der Waals surface area contributed by atoms with E-state index in [1.807, 2.05) is 0 Å². The lowest BCUT2D eigenvalue weighted by molar-refractivity contribution is 0.0409. The minimum absolute atomic E-state index is 0.796. The number of nitrogens with zero attached hydrogens (tertiary/aromatic N) is 1. The van der Waals surface area contributed by atoms with E-state index in [4.69, 9.17) is 0 Å². The Kier molecular flexibility index (Phi) is 4.48. The predicted molar refractivity (Wildman–Crippen MR) is 81.4 cm³/mol. The number of hydrogen-bond donors (Lipinski definition) is 1. The van der Waals surface area contributed by atoms with Gasteiger partial charge in [0.2, 0.25) is 0 Å². The summed E-state index contributed by atoms with van der Waals surface area (Å²) >= 11 is 0. The van der Waals surface area contributed by atoms with E-state index in [1.54, 1.807) is 12.8 Å². The predicted octanol–water partition coefficient (Wildman–Crippen LogP) is 3.56. The second kappa shape index (κ2) is 6.13. The van der Waals surface area contributed by atoms with Gasteiger partial charge in [-0.05, 0) is 70.4 Å². The standard InChI is InChI=1S/C17H32N2/c1-18-14-16-6-2-5-13-19(16)15-7-11-17(12-8-15)9-3-4-10-17/h15-16,18H,2-14H2,1H3. The van der Waals surface area contributed by atoms with E-state index in [-0.39, 0.29) is 0 Å². The van der Waals surface area contributed by atoms with Gasteiger partial charge in [-0.15, -0.1) is 0 Å². The topological polar surface area (TPSA) is 15.3 Å². The van der Waals surface area contributed by atoms with Crippen LogP contribution in [0.1, 0.15) is 70.6 Å². The molecule has 3 rings (SSSR count). The van der Waals surface area contributed by atoms with Gasteiger partial charge >= 0.3 is 0 Å². The van der Waals surface area contributed by atoms with E-state index in [2.05, 4.69) is 17.3 Å². The molecule has 0 amide bonds. The van der Waals surface area contributed by atoms with Crippen LogP contribution in [0.4, 0.5) is 0 Å². The monoisotopic (exact) mass is 264 g/mol. The van der Waals surface area contributed by atoms with Gasteiger partial charge < -0.3 is 5.32 Å². The quantitative estimate of drug-likeness (QED) is 0.838. The largest absolute Gasteiger partial charge is 0.318 e. The Hall–Kier alpha value is -0.0800. The molecule has 0 aromatic rings. The molecule has 19 heavy (non-hydrogen) atoms. The first-order valence-electron chi connectivity index (χ1n) is 8.73. The van der Waals surface area contributed by atoms with Crippen molar-refractivity contribution in [1.29, 1.82) is 0 Å². The maximum atomic E-state index is 3.41. The Morgan fingerprint density at radius 3 is 2.37 bits per heavy atom. The van der Waals surface area contributed by atoms with Crippen LogP contribution in [0.3, 0.4) is 0 Å². The highest BCUT2D eigenvalue weighted by Gasteiger charge is 2.40. The highest BCUT2D eigenvalue weighted by molar-refractivity contribution is 4.94. The van der Waals surface area contributed by atoms with Gasteiger partial charge in [0.1, 0.15) is 0 Å². The zero-order chi connectivity index (χ0) is 13.1. The molecule has 0 aromatic heterocycles. The van der Waals surface area contributed by atoms with E-state index in [1.165, 1.54) is 70.9 Å². The summed E-state index contributed by atoms with van der Waals surface area (Å²) in [5, 5.41) is 3.41. The van der Waals surface area contributed by atoms with Crippen LogP contribution >= 0.6 is 0 Å². The molecule has 1 N–H and O–H groups in total. The fourth-order valence-corrected chi connectivity index (χ4v) is 5.13. The van der Waals surface area contributed by atoms with Crippen molar-refractivity contribution in [1.82, 2.24) is 10.2 Å². The Morgan fingerprint density at radius 1 is 0.947 bits per heavy atom. The lowest BCUT2D eigenvalue weighted by Gasteiger charge is -2.46. The number of hydrogen-bond acceptors (Lipinski definition) is 2. The van der Waals surface area contributed by atoms with E-state index in [0.717, 1.165) is 17.5 Å². The molecular formula is C17H32N2. The molecule has 2 heteroatoms. The zero-order valence-corrected chi connectivity index (χ0v) is 12.8. The lowest BCUT2D eigenvalue weighted by Crippen LogP contribution is -2.51. The van der Waals surface area contributed by atoms with E-state index >= 15 is 0 Å². The molecule has 1 saturated heterocycles. The number of nitrogens with one attached hydrogen (secondary N) is 1. The van der Waals surface area contributed by atoms with Gasteiger partial charge in [0.05, 0.1) is 0 Å². The molecule has 1 unspecified atom stereocenters. The third kappa shape index (κ3) is 3.00. The van der Waals surface area contributed by atoms with Crippen molar-refractivity contribution in [2.45, 2.75) is 82.7 Å². The highest BCUT2D eigenvalue weighted by atomic mass is 15.2. The SMILES string of the molecule is CNCC1CCCCN1C1CCC2(CCCC2)CC1. The summed E-state index contributed by atoms with van der Waals surface area (Å²) in [7, 11) is 2.11. The van der Waals surface area contributed by atoms with Crippen molar-refractivity contribution in [2.24, 2.45) is 5.41 Å². The molecule has 3 aliphatic rings. The maximum absolute atomic E-state index is 3.41. The molecule has 2 nitrogen and oxygen atoms in total. The first-order chi connectivity index (χ1) is 9.33. The van der Waals surface area contributed by atoms with Gasteiger partial charge in [0.15, 0.2) is 0 Å². The molecular weight excluding hydrogens is 232 g/mol. The number of piperidine rings is 1. The van der Waals surface area contributed by atoms with Gasteiger partial charge in [-0.1, -0.05) is 19.3 Å². The molecule has 0 bridgehead atoms. The molecule has 1 spiro atoms. The molecule has 0 aromatic carbocycles. The maximum Gasteiger partial charge on any atom is 0.0223 e. The molecule has 0 radical (unpaired) electrons. The summed E-state index contributed by atoms with van der Waals surface area (Å²) in [6.07, 6.45) is 16.4. The summed E-state index contributed by atoms with van der Waals surface area (Å²) in [6.45, 7) is 2.56. The molecule has 2 saturated carbocycles. The molecule has 3 fully saturated rings. The summed E-state index contributed by atoms with van der Waals surface area (Å²) in [5.41, 5.74) is 0.796. The van der Waals surface area contributed by atoms with E-state index in [9.17, 15) is 0 Å². The van der Waals surface area contributed by atoms with E-state index < -0.39 is 0 Å². The third-order valence-corrected chi connectivity index (χ3v) is 6.26. The Labute approximate surface area is 119 Å². The average molecular weight is 264 g/mol. The highest BCUT2D eigenvalue weighted by Crippen LogP contribution is 2.49. The van der Waals surface area contributed by atoms with Crippen LogP contribution in [0, 0.1) is 5.41 Å². The van der Waals surface area contributed by atoms with Crippen LogP contribution in [0.15, 0.2) is 0 Å². The van der Waals surface area contributed by atoms with Crippen molar-refractivity contribution in [2.75, 3.05) is 20.1 Å². The Morgan fingerprint density at radius 2 is 1.68 bits per heavy atom. The van der Waals surface area contributed by atoms with Gasteiger partial charge in [0.25, 0.3) is 0 Å². The summed E-state index contributed by atoms with van der Waals surface area (Å²) in [5.74, 6) is 0. The zero-order valence-electron chi connectivity index (χ0n) is 12.8. The summed E-state index contributed by atoms with van der Waals surface area (Å²) < 4.78 is 0. The van der Waals surface area contributed by atoms with Gasteiger partial charge in [-0.25, -0.2) is 0 Å². The van der Waals surface area contributed by atoms with Crippen molar-refractivity contribution < 1.29 is 0 Å². The molecule has 2 aliphatic carbocycles. The smallest absolute Gasteiger partial charge is 0.0223 e. The number of likely N-dealkylation sites (N-methyl/N-ethyl adjacent to an activating group) is 1. The normalized spacial score (nSPS) is 33.0. The van der Waals surface area contributed by atoms with Gasteiger partial charge in [0, 0.05) is 18.6 Å². The number of rotatable bonds is 3.